The summed E-state index contributed by atoms with van der Waals surface area (Å²) in [6, 6.07) is 109. The quantitative estimate of drug-likeness (QED) is 0.155. The molecule has 0 bridgehead atoms. The van der Waals surface area contributed by atoms with Crippen molar-refractivity contribution >= 4 is 38.9 Å². The van der Waals surface area contributed by atoms with Crippen molar-refractivity contribution in [1.29, 1.82) is 0 Å². The minimum Gasteiger partial charge on any atom is -0.310 e. The average Bonchev–Trinajstić information content (AvgIpc) is 4.15. The molecule has 0 saturated heterocycles. The van der Waals surface area contributed by atoms with Crippen molar-refractivity contribution in [3.63, 3.8) is 0 Å². The van der Waals surface area contributed by atoms with Gasteiger partial charge in [0.1, 0.15) is 0 Å². The van der Waals surface area contributed by atoms with E-state index in [0.717, 1.165) is 17.1 Å². The summed E-state index contributed by atoms with van der Waals surface area (Å²) in [5.74, 6) is 0. The molecular weight excluding hydrogens is 917 g/mol. The second-order valence-electron chi connectivity index (χ2n) is 20.7. The van der Waals surface area contributed by atoms with Gasteiger partial charge in [0.25, 0.3) is 0 Å². The van der Waals surface area contributed by atoms with E-state index in [2.05, 4.69) is 301 Å². The van der Waals surface area contributed by atoms with E-state index in [4.69, 9.17) is 0 Å². The van der Waals surface area contributed by atoms with Crippen LogP contribution in [0.5, 0.6) is 0 Å². The van der Waals surface area contributed by atoms with Gasteiger partial charge in [0.15, 0.2) is 0 Å². The van der Waals surface area contributed by atoms with Crippen molar-refractivity contribution in [2.45, 2.75) is 10.8 Å². The lowest BCUT2D eigenvalue weighted by atomic mass is 9.65. The smallest absolute Gasteiger partial charge is 0.0755 e. The monoisotopic (exact) mass is 964 g/mol. The molecule has 0 radical (unpaired) electrons. The molecule has 16 rings (SSSR count). The zero-order valence-corrected chi connectivity index (χ0v) is 41.6. The van der Waals surface area contributed by atoms with Crippen molar-refractivity contribution < 1.29 is 0 Å². The highest BCUT2D eigenvalue weighted by Gasteiger charge is 2.51. The van der Waals surface area contributed by atoms with Crippen molar-refractivity contribution in [2.75, 3.05) is 4.90 Å². The summed E-state index contributed by atoms with van der Waals surface area (Å²) < 4.78 is 2.52. The normalized spacial score (nSPS) is 15.0. The number of hydrogen-bond acceptors (Lipinski definition) is 1. The van der Waals surface area contributed by atoms with Crippen LogP contribution in [0.2, 0.25) is 0 Å². The molecule has 1 aliphatic heterocycles. The number of fused-ring (bicyclic) bond motifs is 15. The third kappa shape index (κ3) is 5.81. The molecule has 13 aromatic rings. The first-order valence-electron chi connectivity index (χ1n) is 26.5. The molecule has 2 nitrogen and oxygen atoms in total. The van der Waals surface area contributed by atoms with Gasteiger partial charge in [-0.25, -0.2) is 0 Å². The Morgan fingerprint density at radius 2 is 0.711 bits per heavy atom. The van der Waals surface area contributed by atoms with Crippen molar-refractivity contribution in [2.24, 2.45) is 0 Å². The van der Waals surface area contributed by atoms with Gasteiger partial charge in [-0.05, 0) is 144 Å². The molecule has 0 saturated carbocycles. The van der Waals surface area contributed by atoms with E-state index in [1.807, 2.05) is 0 Å². The van der Waals surface area contributed by atoms with Crippen LogP contribution in [0.1, 0.15) is 44.5 Å². The Balaban J connectivity index is 0.884. The molecule has 2 heteroatoms. The first kappa shape index (κ1) is 42.7. The Bertz CT molecular complexity index is 4400. The fourth-order valence-corrected chi connectivity index (χ4v) is 14.0. The summed E-state index contributed by atoms with van der Waals surface area (Å²) in [4.78, 5) is 2.46. The van der Waals surface area contributed by atoms with Gasteiger partial charge in [-0.15, -0.1) is 0 Å². The van der Waals surface area contributed by atoms with Gasteiger partial charge in [-0.3, -0.25) is 0 Å². The third-order valence-corrected chi connectivity index (χ3v) is 17.1. The van der Waals surface area contributed by atoms with Crippen LogP contribution in [0.15, 0.2) is 291 Å². The molecule has 0 amide bonds. The Hall–Kier alpha value is -9.76. The minimum absolute atomic E-state index is 0.474. The summed E-state index contributed by atoms with van der Waals surface area (Å²) in [5, 5.41) is 2.56. The molecule has 1 aromatic heterocycles. The number of nitrogens with zero attached hydrogens (tertiary/aromatic N) is 2. The van der Waals surface area contributed by atoms with Crippen LogP contribution in [-0.2, 0) is 10.8 Å². The number of para-hydroxylation sites is 3. The summed E-state index contributed by atoms with van der Waals surface area (Å²) >= 11 is 0. The van der Waals surface area contributed by atoms with Gasteiger partial charge >= 0.3 is 0 Å². The average molecular weight is 965 g/mol. The standard InChI is InChI=1S/C74H48N2/c1-4-19-49(20-5-1)50-35-40-55(41-36-50)75(56-42-37-51(38-43-56)52-39-45-60-58-25-10-13-29-64(58)73(68(60)47-52,53-21-6-2-7-22-53)54-23-8-3-9-24-54)57-44-46-61-59-26-11-14-30-65(59)74(69(61)48-57)66-31-15-17-34-71(66)76-70-33-16-12-27-62(70)63-28-18-32-67(74)72(63)76/h1-48H. The Labute approximate surface area is 442 Å². The van der Waals surface area contributed by atoms with Crippen LogP contribution >= 0.6 is 0 Å². The number of benzene rings is 12. The molecule has 1 atom stereocenters. The molecular formula is C74H48N2. The topological polar surface area (TPSA) is 8.17 Å². The van der Waals surface area contributed by atoms with Gasteiger partial charge in [0.05, 0.1) is 27.6 Å². The van der Waals surface area contributed by atoms with Gasteiger partial charge in [-0.1, -0.05) is 237 Å². The van der Waals surface area contributed by atoms with Crippen LogP contribution < -0.4 is 4.90 Å². The highest BCUT2D eigenvalue weighted by Crippen LogP contribution is 2.62. The molecule has 76 heavy (non-hydrogen) atoms. The van der Waals surface area contributed by atoms with E-state index in [0.29, 0.717) is 0 Å². The number of anilines is 3. The maximum absolute atomic E-state index is 2.52. The van der Waals surface area contributed by atoms with Gasteiger partial charge in [0.2, 0.25) is 0 Å². The van der Waals surface area contributed by atoms with E-state index in [1.54, 1.807) is 0 Å². The lowest BCUT2D eigenvalue weighted by Crippen LogP contribution is -2.33. The highest BCUT2D eigenvalue weighted by molar-refractivity contribution is 6.13. The van der Waals surface area contributed by atoms with Crippen LogP contribution in [0.4, 0.5) is 17.1 Å². The lowest BCUT2D eigenvalue weighted by molar-refractivity contribution is 0.748. The lowest BCUT2D eigenvalue weighted by Gasteiger charge is -2.40. The molecule has 2 aliphatic carbocycles. The van der Waals surface area contributed by atoms with Gasteiger partial charge in [-0.2, -0.15) is 0 Å². The summed E-state index contributed by atoms with van der Waals surface area (Å²) in [7, 11) is 0. The first-order valence-corrected chi connectivity index (χ1v) is 26.5. The van der Waals surface area contributed by atoms with Gasteiger partial charge in [0, 0.05) is 27.8 Å². The SMILES string of the molecule is c1ccc(-c2ccc(N(c3ccc(-c4ccc5c(c4)C(c4ccccc4)(c4ccccc4)c4ccccc4-5)cc3)c3ccc4c(c3)C3(c5ccccc5-4)c4ccccc4-n4c5ccccc5c5cccc3c54)cc2)cc1. The molecule has 3 aliphatic rings. The molecule has 354 valence electrons. The third-order valence-electron chi connectivity index (χ3n) is 17.1. The van der Waals surface area contributed by atoms with Gasteiger partial charge < -0.3 is 9.47 Å². The number of rotatable bonds is 7. The molecule has 2 heterocycles. The molecule has 1 spiro atoms. The first-order chi connectivity index (χ1) is 37.7. The van der Waals surface area contributed by atoms with Crippen molar-refractivity contribution in [3.8, 4) is 50.2 Å². The maximum Gasteiger partial charge on any atom is 0.0755 e. The zero-order chi connectivity index (χ0) is 50.0. The second kappa shape index (κ2) is 16.4. The predicted molar refractivity (Wildman–Crippen MR) is 315 cm³/mol. The van der Waals surface area contributed by atoms with E-state index < -0.39 is 10.8 Å². The second-order valence-corrected chi connectivity index (χ2v) is 20.7. The Morgan fingerprint density at radius 1 is 0.263 bits per heavy atom. The Morgan fingerprint density at radius 3 is 1.38 bits per heavy atom. The molecule has 12 aromatic carbocycles. The fraction of sp³-hybridized carbons (Fsp3) is 0.0270. The zero-order valence-electron chi connectivity index (χ0n) is 41.6. The number of hydrogen-bond donors (Lipinski definition) is 0. The molecule has 0 N–H and O–H groups in total. The highest BCUT2D eigenvalue weighted by atomic mass is 15.1. The van der Waals surface area contributed by atoms with E-state index in [9.17, 15) is 0 Å². The summed E-state index contributed by atoms with van der Waals surface area (Å²) in [6.45, 7) is 0. The molecule has 1 unspecified atom stereocenters. The fourth-order valence-electron chi connectivity index (χ4n) is 14.0. The van der Waals surface area contributed by atoms with Crippen LogP contribution in [0, 0.1) is 0 Å². The van der Waals surface area contributed by atoms with Crippen LogP contribution in [0.3, 0.4) is 0 Å². The van der Waals surface area contributed by atoms with E-state index in [-0.39, 0.29) is 0 Å². The summed E-state index contributed by atoms with van der Waals surface area (Å²) in [5.41, 5.74) is 26.2. The van der Waals surface area contributed by atoms with Crippen LogP contribution in [-0.4, -0.2) is 4.57 Å². The maximum atomic E-state index is 2.52. The van der Waals surface area contributed by atoms with E-state index in [1.165, 1.54) is 117 Å². The Kier molecular flexibility index (Phi) is 9.20. The predicted octanol–water partition coefficient (Wildman–Crippen LogP) is 18.6. The summed E-state index contributed by atoms with van der Waals surface area (Å²) in [6.07, 6.45) is 0. The number of aromatic nitrogens is 1. The van der Waals surface area contributed by atoms with Crippen molar-refractivity contribution in [3.05, 3.63) is 336 Å². The molecule has 0 fully saturated rings. The minimum atomic E-state index is -0.572. The van der Waals surface area contributed by atoms with Crippen LogP contribution in [0.25, 0.3) is 72.0 Å². The van der Waals surface area contributed by atoms with Crippen molar-refractivity contribution in [1.82, 2.24) is 4.57 Å². The van der Waals surface area contributed by atoms with E-state index >= 15 is 0 Å². The largest absolute Gasteiger partial charge is 0.310 e.